The van der Waals surface area contributed by atoms with Crippen molar-refractivity contribution in [1.29, 1.82) is 0 Å². The molecule has 0 bridgehead atoms. The Hall–Kier alpha value is -1.53. The van der Waals surface area contributed by atoms with Crippen LogP contribution in [0.2, 0.25) is 0 Å². The lowest BCUT2D eigenvalue weighted by Crippen LogP contribution is -2.33. The van der Waals surface area contributed by atoms with Crippen molar-refractivity contribution in [2.75, 3.05) is 13.2 Å². The van der Waals surface area contributed by atoms with E-state index in [0.29, 0.717) is 12.1 Å². The number of rotatable bonds is 6. The van der Waals surface area contributed by atoms with Crippen LogP contribution in [-0.2, 0) is 6.54 Å². The first-order valence-corrected chi connectivity index (χ1v) is 5.73. The molecule has 0 heterocycles. The zero-order valence-electron chi connectivity index (χ0n) is 10.5. The van der Waals surface area contributed by atoms with Crippen molar-refractivity contribution in [2.45, 2.75) is 26.4 Å². The molecule has 0 spiro atoms. The quantitative estimate of drug-likeness (QED) is 0.624. The van der Waals surface area contributed by atoms with Gasteiger partial charge in [0, 0.05) is 30.8 Å². The number of hydrogen-bond acceptors (Lipinski definition) is 4. The van der Waals surface area contributed by atoms with Gasteiger partial charge in [0.1, 0.15) is 5.82 Å². The van der Waals surface area contributed by atoms with Crippen molar-refractivity contribution in [1.82, 2.24) is 4.90 Å². The second kappa shape index (κ2) is 6.42. The minimum Gasteiger partial charge on any atom is -0.395 e. The Kier molecular flexibility index (Phi) is 5.18. The van der Waals surface area contributed by atoms with Gasteiger partial charge in [-0.05, 0) is 26.0 Å². The van der Waals surface area contributed by atoms with Crippen molar-refractivity contribution < 1.29 is 14.4 Å². The third-order valence-electron chi connectivity index (χ3n) is 2.73. The number of hydrogen-bond donors (Lipinski definition) is 1. The van der Waals surface area contributed by atoms with E-state index in [1.807, 2.05) is 18.7 Å². The molecule has 0 aliphatic rings. The lowest BCUT2D eigenvalue weighted by Gasteiger charge is -2.25. The van der Waals surface area contributed by atoms with E-state index >= 15 is 0 Å². The van der Waals surface area contributed by atoms with Gasteiger partial charge in [0.25, 0.3) is 5.69 Å². The maximum absolute atomic E-state index is 13.2. The number of aliphatic hydroxyl groups is 1. The van der Waals surface area contributed by atoms with Gasteiger partial charge in [-0.1, -0.05) is 0 Å². The average Bonchev–Trinajstić information content (AvgIpc) is 2.28. The number of nitrogens with zero attached hydrogens (tertiary/aromatic N) is 2. The Morgan fingerprint density at radius 1 is 1.50 bits per heavy atom. The van der Waals surface area contributed by atoms with E-state index in [2.05, 4.69) is 0 Å². The highest BCUT2D eigenvalue weighted by Crippen LogP contribution is 2.21. The Bertz CT molecular complexity index is 424. The summed E-state index contributed by atoms with van der Waals surface area (Å²) >= 11 is 0. The first kappa shape index (κ1) is 14.5. The van der Waals surface area contributed by atoms with Gasteiger partial charge < -0.3 is 5.11 Å². The van der Waals surface area contributed by atoms with Crippen molar-refractivity contribution in [3.63, 3.8) is 0 Å². The molecule has 0 unspecified atom stereocenters. The van der Waals surface area contributed by atoms with Crippen LogP contribution in [0.15, 0.2) is 18.2 Å². The smallest absolute Gasteiger partial charge is 0.274 e. The van der Waals surface area contributed by atoms with Crippen molar-refractivity contribution >= 4 is 5.69 Å². The molecule has 0 saturated carbocycles. The maximum atomic E-state index is 13.2. The SMILES string of the molecule is CC(C)N(CCO)Cc1cc(F)ccc1[N+](=O)[O-]. The van der Waals surface area contributed by atoms with Crippen molar-refractivity contribution in [3.8, 4) is 0 Å². The van der Waals surface area contributed by atoms with Crippen LogP contribution in [0.4, 0.5) is 10.1 Å². The Labute approximate surface area is 105 Å². The molecule has 1 aromatic carbocycles. The van der Waals surface area contributed by atoms with Gasteiger partial charge in [0.2, 0.25) is 0 Å². The number of halogens is 1. The second-order valence-electron chi connectivity index (χ2n) is 4.32. The Balaban J connectivity index is 3.00. The summed E-state index contributed by atoms with van der Waals surface area (Å²) in [6.45, 7) is 4.43. The summed E-state index contributed by atoms with van der Waals surface area (Å²) in [5.41, 5.74) is 0.224. The molecular formula is C12H17FN2O3. The largest absolute Gasteiger partial charge is 0.395 e. The standard InChI is InChI=1S/C12H17FN2O3/c1-9(2)14(5-6-16)8-10-7-11(13)3-4-12(10)15(17)18/h3-4,7,9,16H,5-6,8H2,1-2H3. The molecule has 0 saturated heterocycles. The molecule has 0 aliphatic carbocycles. The highest BCUT2D eigenvalue weighted by molar-refractivity contribution is 5.40. The van der Waals surface area contributed by atoms with Crippen LogP contribution in [-0.4, -0.2) is 34.1 Å². The van der Waals surface area contributed by atoms with E-state index in [0.717, 1.165) is 6.07 Å². The molecule has 1 N–H and O–H groups in total. The molecule has 0 aliphatic heterocycles. The highest BCUT2D eigenvalue weighted by Gasteiger charge is 2.18. The van der Waals surface area contributed by atoms with Crippen molar-refractivity contribution in [2.24, 2.45) is 0 Å². The van der Waals surface area contributed by atoms with E-state index in [9.17, 15) is 14.5 Å². The fourth-order valence-electron chi connectivity index (χ4n) is 1.73. The number of nitro benzene ring substituents is 1. The second-order valence-corrected chi connectivity index (χ2v) is 4.32. The third kappa shape index (κ3) is 3.75. The van der Waals surface area contributed by atoms with E-state index in [4.69, 9.17) is 5.11 Å². The molecule has 18 heavy (non-hydrogen) atoms. The van der Waals surface area contributed by atoms with Crippen LogP contribution >= 0.6 is 0 Å². The lowest BCUT2D eigenvalue weighted by atomic mass is 10.1. The number of aliphatic hydroxyl groups excluding tert-OH is 1. The lowest BCUT2D eigenvalue weighted by molar-refractivity contribution is -0.385. The van der Waals surface area contributed by atoms with E-state index in [-0.39, 0.29) is 24.9 Å². The van der Waals surface area contributed by atoms with Crippen LogP contribution in [0.5, 0.6) is 0 Å². The Morgan fingerprint density at radius 3 is 2.67 bits per heavy atom. The molecule has 6 heteroatoms. The maximum Gasteiger partial charge on any atom is 0.274 e. The first-order chi connectivity index (χ1) is 8.45. The molecule has 100 valence electrons. The summed E-state index contributed by atoms with van der Waals surface area (Å²) in [7, 11) is 0. The zero-order valence-corrected chi connectivity index (χ0v) is 10.5. The fraction of sp³-hybridized carbons (Fsp3) is 0.500. The molecular weight excluding hydrogens is 239 g/mol. The van der Waals surface area contributed by atoms with Gasteiger partial charge >= 0.3 is 0 Å². The highest BCUT2D eigenvalue weighted by atomic mass is 19.1. The fourth-order valence-corrected chi connectivity index (χ4v) is 1.73. The predicted octanol–water partition coefficient (Wildman–Crippen LogP) is 1.94. The predicted molar refractivity (Wildman–Crippen MR) is 65.7 cm³/mol. The minimum absolute atomic E-state index is 0.0404. The van der Waals surface area contributed by atoms with Gasteiger partial charge in [-0.3, -0.25) is 15.0 Å². The first-order valence-electron chi connectivity index (χ1n) is 5.73. The van der Waals surface area contributed by atoms with Gasteiger partial charge in [-0.25, -0.2) is 4.39 Å². The van der Waals surface area contributed by atoms with Gasteiger partial charge in [-0.15, -0.1) is 0 Å². The Morgan fingerprint density at radius 2 is 2.17 bits per heavy atom. The molecule has 1 rings (SSSR count). The molecule has 1 aromatic rings. The summed E-state index contributed by atoms with van der Waals surface area (Å²) in [4.78, 5) is 12.2. The zero-order chi connectivity index (χ0) is 13.7. The van der Waals surface area contributed by atoms with Crippen molar-refractivity contribution in [3.05, 3.63) is 39.7 Å². The third-order valence-corrected chi connectivity index (χ3v) is 2.73. The molecule has 0 atom stereocenters. The van der Waals surface area contributed by atoms with Gasteiger partial charge in [0.05, 0.1) is 11.5 Å². The van der Waals surface area contributed by atoms with Crippen LogP contribution in [0.25, 0.3) is 0 Å². The monoisotopic (exact) mass is 256 g/mol. The average molecular weight is 256 g/mol. The molecule has 0 aromatic heterocycles. The molecule has 0 amide bonds. The van der Waals surface area contributed by atoms with Crippen LogP contribution in [0.1, 0.15) is 19.4 Å². The van der Waals surface area contributed by atoms with Crippen LogP contribution < -0.4 is 0 Å². The van der Waals surface area contributed by atoms with E-state index in [1.54, 1.807) is 0 Å². The number of benzene rings is 1. The topological polar surface area (TPSA) is 66.6 Å². The van der Waals surface area contributed by atoms with Crippen LogP contribution in [0.3, 0.4) is 0 Å². The summed E-state index contributed by atoms with van der Waals surface area (Å²) < 4.78 is 13.2. The molecule has 0 radical (unpaired) electrons. The summed E-state index contributed by atoms with van der Waals surface area (Å²) in [5, 5.41) is 19.8. The molecule has 5 nitrogen and oxygen atoms in total. The minimum atomic E-state index is -0.522. The van der Waals surface area contributed by atoms with Crippen LogP contribution in [0, 0.1) is 15.9 Å². The normalized spacial score (nSPS) is 11.2. The summed E-state index contributed by atoms with van der Waals surface area (Å²) in [5.74, 6) is -0.497. The van der Waals surface area contributed by atoms with Gasteiger partial charge in [0.15, 0.2) is 0 Å². The van der Waals surface area contributed by atoms with Gasteiger partial charge in [-0.2, -0.15) is 0 Å². The summed E-state index contributed by atoms with van der Waals surface area (Å²) in [6, 6.07) is 3.53. The summed E-state index contributed by atoms with van der Waals surface area (Å²) in [6.07, 6.45) is 0. The van der Waals surface area contributed by atoms with E-state index < -0.39 is 10.7 Å². The van der Waals surface area contributed by atoms with E-state index in [1.165, 1.54) is 12.1 Å². The number of nitro groups is 1. The molecule has 0 fully saturated rings.